The molecule has 0 N–H and O–H groups in total. The van der Waals surface area contributed by atoms with E-state index in [9.17, 15) is 0 Å². The summed E-state index contributed by atoms with van der Waals surface area (Å²) in [7, 11) is 0. The highest BCUT2D eigenvalue weighted by atomic mass is 14.2. The minimum absolute atomic E-state index is 0.549. The predicted octanol–water partition coefficient (Wildman–Crippen LogP) is 6.74. The largest absolute Gasteiger partial charge is 0.0616 e. The van der Waals surface area contributed by atoms with Gasteiger partial charge in [-0.05, 0) is 44.5 Å². The number of hydrogen-bond acceptors (Lipinski definition) is 0. The second-order valence-electron chi connectivity index (χ2n) is 6.47. The molecule has 112 valence electrons. The average molecular weight is 296 g/mol. The molecule has 0 saturated heterocycles. The van der Waals surface area contributed by atoms with Crippen molar-refractivity contribution in [2.45, 2.75) is 19.8 Å². The van der Waals surface area contributed by atoms with Gasteiger partial charge in [-0.1, -0.05) is 92.7 Å². The van der Waals surface area contributed by atoms with Gasteiger partial charge >= 0.3 is 0 Å². The summed E-state index contributed by atoms with van der Waals surface area (Å²) in [6.07, 6.45) is 0. The van der Waals surface area contributed by atoms with E-state index in [2.05, 4.69) is 92.7 Å². The molecular weight excluding hydrogens is 276 g/mol. The monoisotopic (exact) mass is 296 g/mol. The van der Waals surface area contributed by atoms with Gasteiger partial charge < -0.3 is 0 Å². The van der Waals surface area contributed by atoms with Gasteiger partial charge in [0.1, 0.15) is 0 Å². The molecule has 0 atom stereocenters. The Labute approximate surface area is 137 Å². The van der Waals surface area contributed by atoms with Crippen molar-refractivity contribution in [1.29, 1.82) is 0 Å². The van der Waals surface area contributed by atoms with Crippen molar-refractivity contribution >= 4 is 10.8 Å². The molecule has 0 aliphatic heterocycles. The van der Waals surface area contributed by atoms with Gasteiger partial charge in [0.05, 0.1) is 0 Å². The Balaban J connectivity index is 2.04. The van der Waals surface area contributed by atoms with Crippen LogP contribution in [0.3, 0.4) is 0 Å². The SMILES string of the molecule is CC(C)c1cc2ccccc(-c3cccc4ccccc34)c-2c1. The van der Waals surface area contributed by atoms with Crippen LogP contribution >= 0.6 is 0 Å². The molecule has 0 amide bonds. The first-order chi connectivity index (χ1) is 11.2. The maximum absolute atomic E-state index is 2.36. The van der Waals surface area contributed by atoms with Gasteiger partial charge in [0.25, 0.3) is 0 Å². The average Bonchev–Trinajstić information content (AvgIpc) is 2.90. The van der Waals surface area contributed by atoms with Crippen LogP contribution in [-0.4, -0.2) is 0 Å². The summed E-state index contributed by atoms with van der Waals surface area (Å²) in [6.45, 7) is 4.51. The topological polar surface area (TPSA) is 0 Å². The van der Waals surface area contributed by atoms with Crippen LogP contribution in [0.5, 0.6) is 0 Å². The molecule has 0 aromatic heterocycles. The third-order valence-electron chi connectivity index (χ3n) is 4.63. The second-order valence-corrected chi connectivity index (χ2v) is 6.47. The smallest absolute Gasteiger partial charge is 0.00991 e. The van der Waals surface area contributed by atoms with E-state index < -0.39 is 0 Å². The van der Waals surface area contributed by atoms with Crippen LogP contribution in [0, 0.1) is 0 Å². The maximum atomic E-state index is 2.36. The predicted molar refractivity (Wildman–Crippen MR) is 100 cm³/mol. The van der Waals surface area contributed by atoms with Gasteiger partial charge in [0.2, 0.25) is 0 Å². The van der Waals surface area contributed by atoms with Crippen molar-refractivity contribution in [3.05, 3.63) is 84.4 Å². The molecule has 0 unspecified atom stereocenters. The third kappa shape index (κ3) is 2.41. The van der Waals surface area contributed by atoms with Crippen LogP contribution in [0.4, 0.5) is 0 Å². The van der Waals surface area contributed by atoms with Gasteiger partial charge in [-0.15, -0.1) is 0 Å². The molecule has 2 aliphatic carbocycles. The molecule has 23 heavy (non-hydrogen) atoms. The normalized spacial score (nSPS) is 11.4. The quantitative estimate of drug-likeness (QED) is 0.384. The summed E-state index contributed by atoms with van der Waals surface area (Å²) in [5.74, 6) is 0.549. The van der Waals surface area contributed by atoms with Crippen LogP contribution in [0.25, 0.3) is 33.0 Å². The summed E-state index contributed by atoms with van der Waals surface area (Å²) in [4.78, 5) is 0. The highest BCUT2D eigenvalue weighted by Gasteiger charge is 2.14. The highest BCUT2D eigenvalue weighted by molar-refractivity contribution is 6.00. The zero-order valence-corrected chi connectivity index (χ0v) is 13.6. The van der Waals surface area contributed by atoms with Crippen molar-refractivity contribution < 1.29 is 0 Å². The molecule has 2 aromatic rings. The third-order valence-corrected chi connectivity index (χ3v) is 4.63. The van der Waals surface area contributed by atoms with Crippen molar-refractivity contribution in [1.82, 2.24) is 0 Å². The Morgan fingerprint density at radius 2 is 1.30 bits per heavy atom. The van der Waals surface area contributed by atoms with Crippen molar-refractivity contribution in [2.24, 2.45) is 0 Å². The molecule has 0 spiro atoms. The standard InChI is InChI=1S/C23H20/c1-16(2)19-14-18-9-4-6-12-22(23(18)15-19)21-13-7-10-17-8-3-5-11-20(17)21/h3-16H,1-2H3. The highest BCUT2D eigenvalue weighted by Crippen LogP contribution is 2.39. The minimum Gasteiger partial charge on any atom is -0.0616 e. The van der Waals surface area contributed by atoms with E-state index in [4.69, 9.17) is 0 Å². The Hall–Kier alpha value is -2.60. The summed E-state index contributed by atoms with van der Waals surface area (Å²) < 4.78 is 0. The van der Waals surface area contributed by atoms with E-state index >= 15 is 0 Å². The van der Waals surface area contributed by atoms with Gasteiger partial charge in [0.15, 0.2) is 0 Å². The lowest BCUT2D eigenvalue weighted by molar-refractivity contribution is 0.872. The summed E-state index contributed by atoms with van der Waals surface area (Å²) in [5, 5.41) is 2.61. The lowest BCUT2D eigenvalue weighted by atomic mass is 9.95. The van der Waals surface area contributed by atoms with E-state index in [-0.39, 0.29) is 0 Å². The minimum atomic E-state index is 0.549. The fourth-order valence-corrected chi connectivity index (χ4v) is 3.35. The van der Waals surface area contributed by atoms with Crippen LogP contribution in [0.2, 0.25) is 0 Å². The zero-order valence-electron chi connectivity index (χ0n) is 13.6. The van der Waals surface area contributed by atoms with Crippen LogP contribution in [-0.2, 0) is 0 Å². The molecule has 0 heteroatoms. The molecule has 4 rings (SSSR count). The van der Waals surface area contributed by atoms with E-state index in [1.54, 1.807) is 0 Å². The Bertz CT molecular complexity index is 942. The Morgan fingerprint density at radius 3 is 2.17 bits per heavy atom. The molecular formula is C23H20. The first-order valence-corrected chi connectivity index (χ1v) is 8.25. The van der Waals surface area contributed by atoms with Gasteiger partial charge in [-0.25, -0.2) is 0 Å². The first-order valence-electron chi connectivity index (χ1n) is 8.25. The molecule has 2 aliphatic rings. The molecule has 0 radical (unpaired) electrons. The molecule has 0 bridgehead atoms. The van der Waals surface area contributed by atoms with Gasteiger partial charge in [-0.3, -0.25) is 0 Å². The lowest BCUT2D eigenvalue weighted by Crippen LogP contribution is -1.83. The van der Waals surface area contributed by atoms with E-state index in [1.807, 2.05) is 0 Å². The van der Waals surface area contributed by atoms with E-state index in [1.165, 1.54) is 38.6 Å². The fraction of sp³-hybridized carbons (Fsp3) is 0.130. The number of fused-ring (bicyclic) bond motifs is 2. The number of benzene rings is 2. The first kappa shape index (κ1) is 14.0. The van der Waals surface area contributed by atoms with Crippen LogP contribution in [0.1, 0.15) is 25.3 Å². The molecule has 0 fully saturated rings. The Morgan fingerprint density at radius 1 is 0.609 bits per heavy atom. The zero-order chi connectivity index (χ0) is 15.8. The maximum Gasteiger partial charge on any atom is -0.00991 e. The van der Waals surface area contributed by atoms with Crippen molar-refractivity contribution in [2.75, 3.05) is 0 Å². The van der Waals surface area contributed by atoms with Crippen molar-refractivity contribution in [3.8, 4) is 22.3 Å². The molecule has 0 saturated carbocycles. The van der Waals surface area contributed by atoms with Gasteiger partial charge in [0, 0.05) is 0 Å². The van der Waals surface area contributed by atoms with Crippen LogP contribution in [0.15, 0.2) is 78.9 Å². The number of rotatable bonds is 2. The van der Waals surface area contributed by atoms with Gasteiger partial charge in [-0.2, -0.15) is 0 Å². The lowest BCUT2D eigenvalue weighted by Gasteiger charge is -2.09. The van der Waals surface area contributed by atoms with Crippen LogP contribution < -0.4 is 0 Å². The summed E-state index contributed by atoms with van der Waals surface area (Å²) in [6, 6.07) is 28.6. The molecule has 0 nitrogen and oxygen atoms in total. The fourth-order valence-electron chi connectivity index (χ4n) is 3.35. The van der Waals surface area contributed by atoms with Crippen molar-refractivity contribution in [3.63, 3.8) is 0 Å². The van der Waals surface area contributed by atoms with E-state index in [0.29, 0.717) is 5.92 Å². The second kappa shape index (κ2) is 5.55. The summed E-state index contributed by atoms with van der Waals surface area (Å²) in [5.41, 5.74) is 6.70. The molecule has 2 aromatic carbocycles. The molecule has 0 heterocycles. The Kier molecular flexibility index (Phi) is 3.38. The summed E-state index contributed by atoms with van der Waals surface area (Å²) >= 11 is 0. The van der Waals surface area contributed by atoms with E-state index in [0.717, 1.165) is 0 Å². The number of hydrogen-bond donors (Lipinski definition) is 0.